The van der Waals surface area contributed by atoms with Crippen molar-refractivity contribution < 1.29 is 4.79 Å². The van der Waals surface area contributed by atoms with Gasteiger partial charge in [0.15, 0.2) is 0 Å². The van der Waals surface area contributed by atoms with Crippen molar-refractivity contribution in [1.82, 2.24) is 25.1 Å². The number of hydrogen-bond donors (Lipinski definition) is 1. The van der Waals surface area contributed by atoms with Crippen molar-refractivity contribution >= 4 is 11.9 Å². The van der Waals surface area contributed by atoms with E-state index in [2.05, 4.69) is 64.1 Å². The van der Waals surface area contributed by atoms with Gasteiger partial charge in [0.1, 0.15) is 6.54 Å². The summed E-state index contributed by atoms with van der Waals surface area (Å²) in [5.41, 5.74) is 7.95. The summed E-state index contributed by atoms with van der Waals surface area (Å²) in [6, 6.07) is 20.9. The van der Waals surface area contributed by atoms with E-state index in [9.17, 15) is 4.79 Å². The maximum absolute atomic E-state index is 12.9. The maximum atomic E-state index is 12.9. The Morgan fingerprint density at radius 1 is 1.04 bits per heavy atom. The lowest BCUT2D eigenvalue weighted by Gasteiger charge is -2.44. The number of nitrogen functional groups attached to an aromatic ring is 1. The largest absolute Gasteiger partial charge is 0.367 e. The van der Waals surface area contributed by atoms with Crippen LogP contribution in [0.1, 0.15) is 24.0 Å². The van der Waals surface area contributed by atoms with Crippen LogP contribution in [0.3, 0.4) is 0 Å². The lowest BCUT2D eigenvalue weighted by atomic mass is 9.69. The molecule has 2 heterocycles. The topological polar surface area (TPSA) is 89.9 Å². The second-order valence-corrected chi connectivity index (χ2v) is 6.93. The number of piperidine rings is 1. The number of hydrogen-bond acceptors (Lipinski definition) is 5. The third-order valence-electron chi connectivity index (χ3n) is 5.34. The Morgan fingerprint density at radius 3 is 2.22 bits per heavy atom. The van der Waals surface area contributed by atoms with Gasteiger partial charge in [0.25, 0.3) is 0 Å². The van der Waals surface area contributed by atoms with Crippen LogP contribution in [-0.2, 0) is 16.8 Å². The predicted octanol–water partition coefficient (Wildman–Crippen LogP) is 1.86. The van der Waals surface area contributed by atoms with Gasteiger partial charge in [0.2, 0.25) is 11.9 Å². The lowest BCUT2D eigenvalue weighted by molar-refractivity contribution is -0.134. The van der Waals surface area contributed by atoms with Gasteiger partial charge in [-0.1, -0.05) is 65.8 Å². The number of carbonyl (C=O) groups is 1. The number of nitrogens with two attached hydrogens (primary N) is 1. The van der Waals surface area contributed by atoms with E-state index >= 15 is 0 Å². The van der Waals surface area contributed by atoms with Crippen LogP contribution in [0.4, 0.5) is 5.95 Å². The Bertz CT molecular complexity index is 869. The molecule has 138 valence electrons. The molecule has 2 aromatic carbocycles. The highest BCUT2D eigenvalue weighted by atomic mass is 16.2. The lowest BCUT2D eigenvalue weighted by Crippen LogP contribution is -2.50. The summed E-state index contributed by atoms with van der Waals surface area (Å²) in [6.45, 7) is 1.41. The molecule has 1 fully saturated rings. The van der Waals surface area contributed by atoms with Crippen molar-refractivity contribution in [2.45, 2.75) is 24.8 Å². The predicted molar refractivity (Wildman–Crippen MR) is 102 cm³/mol. The Kier molecular flexibility index (Phi) is 4.58. The number of carbonyl (C=O) groups excluding carboxylic acids is 1. The van der Waals surface area contributed by atoms with E-state index in [1.54, 1.807) is 0 Å². The summed E-state index contributed by atoms with van der Waals surface area (Å²) in [5, 5.41) is 10.9. The third-order valence-corrected chi connectivity index (χ3v) is 5.34. The molecule has 27 heavy (non-hydrogen) atoms. The Morgan fingerprint density at radius 2 is 1.67 bits per heavy atom. The first-order valence-electron chi connectivity index (χ1n) is 9.09. The van der Waals surface area contributed by atoms with Crippen molar-refractivity contribution in [1.29, 1.82) is 0 Å². The molecule has 0 radical (unpaired) electrons. The SMILES string of the molecule is Nc1nnnn1CC(=O)N1CCCC(c2ccccc2)(c2ccccc2)C1. The van der Waals surface area contributed by atoms with Gasteiger partial charge in [-0.15, -0.1) is 0 Å². The standard InChI is InChI=1S/C20H22N6O/c21-19-22-23-24-26(19)14-18(27)25-13-7-12-20(15-25,16-8-3-1-4-9-16)17-10-5-2-6-11-17/h1-6,8-11H,7,12-15H2,(H2,21,22,24). The van der Waals surface area contributed by atoms with Gasteiger partial charge in [-0.3, -0.25) is 4.79 Å². The number of rotatable bonds is 4. The number of aromatic nitrogens is 4. The number of benzene rings is 2. The van der Waals surface area contributed by atoms with Crippen LogP contribution in [0.5, 0.6) is 0 Å². The normalized spacial score (nSPS) is 16.2. The fraction of sp³-hybridized carbons (Fsp3) is 0.300. The number of anilines is 1. The monoisotopic (exact) mass is 362 g/mol. The van der Waals surface area contributed by atoms with Gasteiger partial charge >= 0.3 is 0 Å². The third kappa shape index (κ3) is 3.28. The minimum Gasteiger partial charge on any atom is -0.367 e. The first-order chi connectivity index (χ1) is 13.2. The van der Waals surface area contributed by atoms with E-state index in [1.165, 1.54) is 15.8 Å². The minimum atomic E-state index is -0.220. The summed E-state index contributed by atoms with van der Waals surface area (Å²) < 4.78 is 1.34. The van der Waals surface area contributed by atoms with Crippen molar-refractivity contribution in [3.05, 3.63) is 71.8 Å². The van der Waals surface area contributed by atoms with E-state index in [0.29, 0.717) is 6.54 Å². The number of nitrogens with zero attached hydrogens (tertiary/aromatic N) is 5. The van der Waals surface area contributed by atoms with Crippen molar-refractivity contribution in [3.63, 3.8) is 0 Å². The Hall–Kier alpha value is -3.22. The quantitative estimate of drug-likeness (QED) is 0.765. The molecule has 2 N–H and O–H groups in total. The average molecular weight is 362 g/mol. The summed E-state index contributed by atoms with van der Waals surface area (Å²) in [7, 11) is 0. The number of amides is 1. The van der Waals surface area contributed by atoms with E-state index in [0.717, 1.165) is 19.4 Å². The van der Waals surface area contributed by atoms with Gasteiger partial charge in [0, 0.05) is 18.5 Å². The van der Waals surface area contributed by atoms with Crippen LogP contribution in [0.25, 0.3) is 0 Å². The fourth-order valence-corrected chi connectivity index (χ4v) is 3.97. The molecule has 7 heteroatoms. The molecule has 0 spiro atoms. The molecule has 1 amide bonds. The van der Waals surface area contributed by atoms with Crippen LogP contribution in [-0.4, -0.2) is 44.1 Å². The molecule has 1 aromatic heterocycles. The molecule has 0 aliphatic carbocycles. The summed E-state index contributed by atoms with van der Waals surface area (Å²) in [4.78, 5) is 14.8. The molecular weight excluding hydrogens is 340 g/mol. The molecule has 7 nitrogen and oxygen atoms in total. The van der Waals surface area contributed by atoms with Crippen LogP contribution in [0.2, 0.25) is 0 Å². The van der Waals surface area contributed by atoms with Gasteiger partial charge in [-0.25, -0.2) is 4.68 Å². The highest BCUT2D eigenvalue weighted by Crippen LogP contribution is 2.40. The molecule has 1 aliphatic heterocycles. The molecule has 1 saturated heterocycles. The van der Waals surface area contributed by atoms with Gasteiger partial charge in [0.05, 0.1) is 0 Å². The minimum absolute atomic E-state index is 0.0232. The number of tetrazole rings is 1. The highest BCUT2D eigenvalue weighted by molar-refractivity contribution is 5.76. The maximum Gasteiger partial charge on any atom is 0.244 e. The first kappa shape index (κ1) is 17.2. The van der Waals surface area contributed by atoms with Crippen LogP contribution < -0.4 is 5.73 Å². The molecule has 1 aliphatic rings. The van der Waals surface area contributed by atoms with Crippen LogP contribution >= 0.6 is 0 Å². The zero-order chi connectivity index (χ0) is 18.7. The number of likely N-dealkylation sites (tertiary alicyclic amines) is 1. The van der Waals surface area contributed by atoms with Crippen molar-refractivity contribution in [2.75, 3.05) is 18.8 Å². The summed E-state index contributed by atoms with van der Waals surface area (Å²) in [6.07, 6.45) is 1.93. The van der Waals surface area contributed by atoms with E-state index in [1.807, 2.05) is 17.0 Å². The van der Waals surface area contributed by atoms with Gasteiger partial charge in [-0.05, 0) is 34.4 Å². The summed E-state index contributed by atoms with van der Waals surface area (Å²) >= 11 is 0. The molecular formula is C20H22N6O. The Balaban J connectivity index is 1.66. The molecule has 0 bridgehead atoms. The van der Waals surface area contributed by atoms with Gasteiger partial charge in [-0.2, -0.15) is 0 Å². The van der Waals surface area contributed by atoms with Crippen molar-refractivity contribution in [2.24, 2.45) is 0 Å². The van der Waals surface area contributed by atoms with E-state index in [-0.39, 0.29) is 23.8 Å². The molecule has 4 rings (SSSR count). The highest BCUT2D eigenvalue weighted by Gasteiger charge is 2.40. The second kappa shape index (κ2) is 7.19. The second-order valence-electron chi connectivity index (χ2n) is 6.93. The smallest absolute Gasteiger partial charge is 0.244 e. The zero-order valence-electron chi connectivity index (χ0n) is 15.0. The van der Waals surface area contributed by atoms with Gasteiger partial charge < -0.3 is 10.6 Å². The van der Waals surface area contributed by atoms with Crippen LogP contribution in [0.15, 0.2) is 60.7 Å². The molecule has 0 unspecified atom stereocenters. The van der Waals surface area contributed by atoms with E-state index in [4.69, 9.17) is 5.73 Å². The fourth-order valence-electron chi connectivity index (χ4n) is 3.97. The molecule has 0 atom stereocenters. The first-order valence-corrected chi connectivity index (χ1v) is 9.09. The van der Waals surface area contributed by atoms with Crippen molar-refractivity contribution in [3.8, 4) is 0 Å². The molecule has 0 saturated carbocycles. The van der Waals surface area contributed by atoms with E-state index < -0.39 is 0 Å². The molecule has 3 aromatic rings. The van der Waals surface area contributed by atoms with Crippen LogP contribution in [0, 0.1) is 0 Å². The zero-order valence-corrected chi connectivity index (χ0v) is 15.0. The summed E-state index contributed by atoms with van der Waals surface area (Å²) in [5.74, 6) is 0.127. The Labute approximate surface area is 157 Å². The average Bonchev–Trinajstić information content (AvgIpc) is 3.13.